The van der Waals surface area contributed by atoms with Gasteiger partial charge in [0.1, 0.15) is 24.0 Å². The highest BCUT2D eigenvalue weighted by Crippen LogP contribution is 2.33. The Balaban J connectivity index is 3.12. The van der Waals surface area contributed by atoms with E-state index in [1.165, 1.54) is 12.0 Å². The van der Waals surface area contributed by atoms with Gasteiger partial charge in [0.2, 0.25) is 5.91 Å². The van der Waals surface area contributed by atoms with E-state index in [-0.39, 0.29) is 18.3 Å². The van der Waals surface area contributed by atoms with E-state index < -0.39 is 41.7 Å². The average molecular weight is 384 g/mol. The van der Waals surface area contributed by atoms with Gasteiger partial charge in [-0.25, -0.2) is 9.59 Å². The molecule has 1 rings (SSSR count). The summed E-state index contributed by atoms with van der Waals surface area (Å²) in [5.74, 6) is -1.22. The van der Waals surface area contributed by atoms with E-state index in [0.717, 1.165) is 6.29 Å². The zero-order valence-electron chi connectivity index (χ0n) is 17.3. The predicted molar refractivity (Wildman–Crippen MR) is 98.9 cm³/mol. The summed E-state index contributed by atoms with van der Waals surface area (Å²) < 4.78 is 10.1. The number of carbonyl (C=O) groups is 4. The second kappa shape index (κ2) is 9.19. The van der Waals surface area contributed by atoms with E-state index in [4.69, 9.17) is 9.47 Å². The minimum absolute atomic E-state index is 0.0439. The van der Waals surface area contributed by atoms with Crippen molar-refractivity contribution in [3.05, 3.63) is 0 Å². The van der Waals surface area contributed by atoms with E-state index in [1.807, 2.05) is 6.92 Å². The molecule has 0 radical (unpaired) electrons. The number of carbonyl (C=O) groups excluding carboxylic acids is 4. The van der Waals surface area contributed by atoms with Gasteiger partial charge in [0.05, 0.1) is 7.11 Å². The smallest absolute Gasteiger partial charge is 0.408 e. The Morgan fingerprint density at radius 3 is 2.30 bits per heavy atom. The Bertz CT molecular complexity index is 569. The van der Waals surface area contributed by atoms with Crippen LogP contribution in [0, 0.1) is 11.8 Å². The van der Waals surface area contributed by atoms with Gasteiger partial charge in [-0.05, 0) is 39.0 Å². The van der Waals surface area contributed by atoms with Crippen molar-refractivity contribution in [2.75, 3.05) is 7.11 Å². The van der Waals surface area contributed by atoms with Gasteiger partial charge in [0.25, 0.3) is 0 Å². The summed E-state index contributed by atoms with van der Waals surface area (Å²) in [6.45, 7) is 10.7. The van der Waals surface area contributed by atoms with Crippen LogP contribution in [0.4, 0.5) is 4.79 Å². The molecular formula is C19H32N2O6. The molecule has 2 amide bonds. The maximum Gasteiger partial charge on any atom is 0.408 e. The average Bonchev–Trinajstić information content (AvgIpc) is 2.86. The SMILES string of the molecule is COC(=O)[C@@H]1C[C@@H](C)[C@@H](CC=O)N1C(=O)[C@@H](NC(=O)OC(C)(C)C)C(C)C. The number of ether oxygens (including phenoxy) is 2. The molecule has 0 aliphatic carbocycles. The fourth-order valence-electron chi connectivity index (χ4n) is 3.34. The van der Waals surface area contributed by atoms with Crippen molar-refractivity contribution in [3.63, 3.8) is 0 Å². The van der Waals surface area contributed by atoms with Gasteiger partial charge < -0.3 is 24.5 Å². The molecule has 0 saturated carbocycles. The summed E-state index contributed by atoms with van der Waals surface area (Å²) in [6, 6.07) is -2.07. The van der Waals surface area contributed by atoms with Gasteiger partial charge in [-0.3, -0.25) is 4.79 Å². The monoisotopic (exact) mass is 384 g/mol. The first-order valence-electron chi connectivity index (χ1n) is 9.26. The molecule has 1 saturated heterocycles. The molecule has 0 aromatic rings. The van der Waals surface area contributed by atoms with E-state index in [9.17, 15) is 19.2 Å². The topological polar surface area (TPSA) is 102 Å². The fourth-order valence-corrected chi connectivity index (χ4v) is 3.34. The van der Waals surface area contributed by atoms with Crippen LogP contribution in [0.5, 0.6) is 0 Å². The molecular weight excluding hydrogens is 352 g/mol. The molecule has 0 aromatic carbocycles. The number of rotatable bonds is 6. The highest BCUT2D eigenvalue weighted by atomic mass is 16.6. The minimum atomic E-state index is -0.883. The van der Waals surface area contributed by atoms with Crippen molar-refractivity contribution < 1.29 is 28.7 Å². The summed E-state index contributed by atoms with van der Waals surface area (Å²) in [7, 11) is 1.27. The lowest BCUT2D eigenvalue weighted by molar-refractivity contribution is -0.153. The predicted octanol–water partition coefficient (Wildman–Crippen LogP) is 1.90. The van der Waals surface area contributed by atoms with Crippen molar-refractivity contribution in [2.24, 2.45) is 11.8 Å². The third-order valence-electron chi connectivity index (χ3n) is 4.62. The largest absolute Gasteiger partial charge is 0.467 e. The van der Waals surface area contributed by atoms with Gasteiger partial charge in [0, 0.05) is 12.5 Å². The first kappa shape index (κ1) is 22.9. The Morgan fingerprint density at radius 1 is 1.26 bits per heavy atom. The van der Waals surface area contributed by atoms with Crippen molar-refractivity contribution in [2.45, 2.75) is 78.1 Å². The summed E-state index contributed by atoms with van der Waals surface area (Å²) >= 11 is 0. The van der Waals surface area contributed by atoms with Crippen LogP contribution in [0.2, 0.25) is 0 Å². The number of esters is 1. The van der Waals surface area contributed by atoms with Crippen LogP contribution in [0.3, 0.4) is 0 Å². The number of amides is 2. The van der Waals surface area contributed by atoms with Crippen molar-refractivity contribution >= 4 is 24.3 Å². The normalized spacial score (nSPS) is 23.7. The van der Waals surface area contributed by atoms with Crippen molar-refractivity contribution in [1.82, 2.24) is 10.2 Å². The number of alkyl carbamates (subject to hydrolysis) is 1. The Labute approximate surface area is 160 Å². The van der Waals surface area contributed by atoms with E-state index in [2.05, 4.69) is 5.32 Å². The maximum atomic E-state index is 13.3. The summed E-state index contributed by atoms with van der Waals surface area (Å²) in [5, 5.41) is 2.61. The lowest BCUT2D eigenvalue weighted by Gasteiger charge is -2.34. The minimum Gasteiger partial charge on any atom is -0.467 e. The number of likely N-dealkylation sites (tertiary alicyclic amines) is 1. The first-order chi connectivity index (χ1) is 12.4. The van der Waals surface area contributed by atoms with Gasteiger partial charge in [-0.2, -0.15) is 0 Å². The zero-order valence-corrected chi connectivity index (χ0v) is 17.3. The van der Waals surface area contributed by atoms with Crippen LogP contribution in [0.1, 0.15) is 54.4 Å². The maximum absolute atomic E-state index is 13.3. The lowest BCUT2D eigenvalue weighted by Crippen LogP contribution is -2.56. The van der Waals surface area contributed by atoms with Crippen molar-refractivity contribution in [3.8, 4) is 0 Å². The molecule has 8 heteroatoms. The number of nitrogens with zero attached hydrogens (tertiary/aromatic N) is 1. The molecule has 27 heavy (non-hydrogen) atoms. The number of nitrogens with one attached hydrogen (secondary N) is 1. The summed E-state index contributed by atoms with van der Waals surface area (Å²) in [4.78, 5) is 50.2. The molecule has 0 bridgehead atoms. The quantitative estimate of drug-likeness (QED) is 0.554. The molecule has 0 aromatic heterocycles. The molecule has 0 spiro atoms. The molecule has 1 aliphatic rings. The fraction of sp³-hybridized carbons (Fsp3) is 0.789. The van der Waals surface area contributed by atoms with E-state index in [1.54, 1.807) is 34.6 Å². The molecule has 1 fully saturated rings. The van der Waals surface area contributed by atoms with Crippen LogP contribution in [0.25, 0.3) is 0 Å². The van der Waals surface area contributed by atoms with Crippen LogP contribution in [-0.4, -0.2) is 60.0 Å². The number of hydrogen-bond acceptors (Lipinski definition) is 6. The number of methoxy groups -OCH3 is 1. The van der Waals surface area contributed by atoms with Gasteiger partial charge in [0.15, 0.2) is 0 Å². The highest BCUT2D eigenvalue weighted by Gasteiger charge is 2.47. The molecule has 154 valence electrons. The Morgan fingerprint density at radius 2 is 1.85 bits per heavy atom. The second-order valence-electron chi connectivity index (χ2n) is 8.34. The summed E-state index contributed by atoms with van der Waals surface area (Å²) in [5.41, 5.74) is -0.703. The summed E-state index contributed by atoms with van der Waals surface area (Å²) in [6.07, 6.45) is 0.571. The van der Waals surface area contributed by atoms with Crippen LogP contribution >= 0.6 is 0 Å². The van der Waals surface area contributed by atoms with Gasteiger partial charge in [-0.1, -0.05) is 20.8 Å². The number of hydrogen-bond donors (Lipinski definition) is 1. The Kier molecular flexibility index (Phi) is 7.80. The molecule has 1 N–H and O–H groups in total. The van der Waals surface area contributed by atoms with E-state index >= 15 is 0 Å². The third kappa shape index (κ3) is 5.94. The first-order valence-corrected chi connectivity index (χ1v) is 9.26. The van der Waals surface area contributed by atoms with Crippen LogP contribution in [0.15, 0.2) is 0 Å². The number of aldehydes is 1. The lowest BCUT2D eigenvalue weighted by atomic mass is 9.98. The second-order valence-corrected chi connectivity index (χ2v) is 8.34. The molecule has 1 heterocycles. The van der Waals surface area contributed by atoms with Crippen LogP contribution < -0.4 is 5.32 Å². The van der Waals surface area contributed by atoms with E-state index in [0.29, 0.717) is 6.42 Å². The van der Waals surface area contributed by atoms with Gasteiger partial charge in [-0.15, -0.1) is 0 Å². The standard InChI is InChI=1S/C19H32N2O6/c1-11(2)15(20-18(25)27-19(4,5)6)16(23)21-13(8-9-22)12(3)10-14(21)17(24)26-7/h9,11-15H,8,10H2,1-7H3,(H,20,25)/t12-,13-,14+,15+/m1/s1. The molecule has 0 unspecified atom stereocenters. The van der Waals surface area contributed by atoms with Crippen LogP contribution in [-0.2, 0) is 23.9 Å². The molecule has 8 nitrogen and oxygen atoms in total. The highest BCUT2D eigenvalue weighted by molar-refractivity contribution is 5.91. The Hall–Kier alpha value is -2.12. The van der Waals surface area contributed by atoms with Crippen molar-refractivity contribution in [1.29, 1.82) is 0 Å². The third-order valence-corrected chi connectivity index (χ3v) is 4.62. The van der Waals surface area contributed by atoms with Gasteiger partial charge >= 0.3 is 12.1 Å². The molecule has 1 aliphatic heterocycles. The zero-order chi connectivity index (χ0) is 20.9. The molecule has 4 atom stereocenters.